The quantitative estimate of drug-likeness (QED) is 0.811. The second kappa shape index (κ2) is 6.41. The molecular formula is C12H12F3N5O2. The molecular weight excluding hydrogens is 303 g/mol. The fraction of sp³-hybridized carbons (Fsp3) is 0.333. The van der Waals surface area contributed by atoms with Crippen molar-refractivity contribution in [3.05, 3.63) is 36.0 Å². The molecule has 0 amide bonds. The molecule has 2 aromatic rings. The highest BCUT2D eigenvalue weighted by molar-refractivity contribution is 5.79. The number of esters is 1. The van der Waals surface area contributed by atoms with Crippen molar-refractivity contribution in [2.45, 2.75) is 18.6 Å². The Hall–Kier alpha value is -2.65. The molecule has 10 heteroatoms. The van der Waals surface area contributed by atoms with E-state index in [1.165, 1.54) is 19.6 Å². The number of aromatic nitrogens is 4. The van der Waals surface area contributed by atoms with Gasteiger partial charge in [0.1, 0.15) is 11.9 Å². The molecule has 0 saturated carbocycles. The number of hydrogen-bond acceptors (Lipinski definition) is 6. The first kappa shape index (κ1) is 15.7. The molecule has 0 aliphatic carbocycles. The number of imidazole rings is 1. The van der Waals surface area contributed by atoms with Crippen molar-refractivity contribution >= 4 is 11.8 Å². The van der Waals surface area contributed by atoms with E-state index in [0.717, 1.165) is 12.1 Å². The summed E-state index contributed by atoms with van der Waals surface area (Å²) < 4.78 is 41.9. The van der Waals surface area contributed by atoms with Crippen LogP contribution in [-0.2, 0) is 22.1 Å². The Bertz CT molecular complexity index is 613. The number of methoxy groups -OCH3 is 1. The van der Waals surface area contributed by atoms with Crippen molar-refractivity contribution in [3.63, 3.8) is 0 Å². The average Bonchev–Trinajstić information content (AvgIpc) is 2.98. The summed E-state index contributed by atoms with van der Waals surface area (Å²) in [5.74, 6) is -0.556. The normalized spacial score (nSPS) is 12.7. The Morgan fingerprint density at radius 1 is 1.41 bits per heavy atom. The Labute approximate surface area is 122 Å². The standard InChI is InChI=1S/C12H12F3N5O2/c1-22-11(21)8(4-7-5-16-6-17-7)18-10-3-2-9(19-20-10)12(13,14)15/h2-3,5-6,8H,4H2,1H3,(H,16,17)(H,18,20)/t8-/m1/s1. The third-order valence-corrected chi connectivity index (χ3v) is 2.74. The van der Waals surface area contributed by atoms with Crippen LogP contribution in [0.5, 0.6) is 0 Å². The molecule has 0 spiro atoms. The third kappa shape index (κ3) is 3.93. The maximum atomic E-state index is 12.4. The van der Waals surface area contributed by atoms with Crippen molar-refractivity contribution in [3.8, 4) is 0 Å². The van der Waals surface area contributed by atoms with E-state index >= 15 is 0 Å². The van der Waals surface area contributed by atoms with Crippen LogP contribution in [0.1, 0.15) is 11.4 Å². The predicted octanol–water partition coefficient (Wildman–Crippen LogP) is 1.41. The highest BCUT2D eigenvalue weighted by Crippen LogP contribution is 2.27. The molecule has 0 fully saturated rings. The summed E-state index contributed by atoms with van der Waals surface area (Å²) in [5, 5.41) is 9.18. The van der Waals surface area contributed by atoms with Gasteiger partial charge in [0, 0.05) is 18.3 Å². The van der Waals surface area contributed by atoms with Crippen molar-refractivity contribution < 1.29 is 22.7 Å². The minimum atomic E-state index is -4.57. The minimum absolute atomic E-state index is 0.0305. The molecule has 2 aromatic heterocycles. The summed E-state index contributed by atoms with van der Waals surface area (Å²) >= 11 is 0. The summed E-state index contributed by atoms with van der Waals surface area (Å²) in [6.45, 7) is 0. The maximum absolute atomic E-state index is 12.4. The Kier molecular flexibility index (Phi) is 4.59. The molecule has 0 aromatic carbocycles. The second-order valence-corrected chi connectivity index (χ2v) is 4.30. The zero-order valence-electron chi connectivity index (χ0n) is 11.4. The van der Waals surface area contributed by atoms with Gasteiger partial charge in [-0.1, -0.05) is 0 Å². The van der Waals surface area contributed by atoms with Gasteiger partial charge < -0.3 is 15.0 Å². The lowest BCUT2D eigenvalue weighted by Gasteiger charge is -2.16. The van der Waals surface area contributed by atoms with E-state index in [1.807, 2.05) is 0 Å². The molecule has 0 saturated heterocycles. The molecule has 22 heavy (non-hydrogen) atoms. The topological polar surface area (TPSA) is 92.8 Å². The van der Waals surface area contributed by atoms with Gasteiger partial charge in [0.2, 0.25) is 0 Å². The van der Waals surface area contributed by atoms with Gasteiger partial charge in [-0.3, -0.25) is 0 Å². The summed E-state index contributed by atoms with van der Waals surface area (Å²) in [5.41, 5.74) is -0.455. The van der Waals surface area contributed by atoms with Crippen molar-refractivity contribution in [2.24, 2.45) is 0 Å². The Balaban J connectivity index is 2.11. The molecule has 7 nitrogen and oxygen atoms in total. The van der Waals surface area contributed by atoms with E-state index < -0.39 is 23.9 Å². The minimum Gasteiger partial charge on any atom is -0.467 e. The number of aromatic amines is 1. The summed E-state index contributed by atoms with van der Waals surface area (Å²) in [6, 6.07) is 1.04. The number of nitrogens with one attached hydrogen (secondary N) is 2. The molecule has 0 aliphatic heterocycles. The second-order valence-electron chi connectivity index (χ2n) is 4.30. The summed E-state index contributed by atoms with van der Waals surface area (Å²) in [6.07, 6.45) is -1.39. The smallest absolute Gasteiger partial charge is 0.435 e. The number of halogens is 3. The van der Waals surface area contributed by atoms with E-state index in [1.54, 1.807) is 0 Å². The van der Waals surface area contributed by atoms with Crippen molar-refractivity contribution in [1.29, 1.82) is 0 Å². The number of alkyl halides is 3. The number of carbonyl (C=O) groups is 1. The summed E-state index contributed by atoms with van der Waals surface area (Å²) in [4.78, 5) is 18.4. The highest BCUT2D eigenvalue weighted by Gasteiger charge is 2.33. The molecule has 0 radical (unpaired) electrons. The predicted molar refractivity (Wildman–Crippen MR) is 68.8 cm³/mol. The fourth-order valence-electron chi connectivity index (χ4n) is 1.69. The first-order valence-electron chi connectivity index (χ1n) is 6.12. The van der Waals surface area contributed by atoms with Gasteiger partial charge in [-0.15, -0.1) is 10.2 Å². The molecule has 2 rings (SSSR count). The molecule has 0 bridgehead atoms. The number of hydrogen-bond donors (Lipinski definition) is 2. The van der Waals surface area contributed by atoms with E-state index in [4.69, 9.17) is 0 Å². The SMILES string of the molecule is COC(=O)[C@@H](Cc1cnc[nH]1)Nc1ccc(C(F)(F)F)nn1. The van der Waals surface area contributed by atoms with Crippen LogP contribution in [0.2, 0.25) is 0 Å². The van der Waals surface area contributed by atoms with Crippen LogP contribution in [0.4, 0.5) is 19.0 Å². The molecule has 1 atom stereocenters. The van der Waals surface area contributed by atoms with Gasteiger partial charge in [-0.2, -0.15) is 13.2 Å². The van der Waals surface area contributed by atoms with Crippen LogP contribution < -0.4 is 5.32 Å². The van der Waals surface area contributed by atoms with E-state index in [-0.39, 0.29) is 12.2 Å². The lowest BCUT2D eigenvalue weighted by Crippen LogP contribution is -2.33. The average molecular weight is 315 g/mol. The highest BCUT2D eigenvalue weighted by atomic mass is 19.4. The fourth-order valence-corrected chi connectivity index (χ4v) is 1.69. The van der Waals surface area contributed by atoms with Gasteiger partial charge in [-0.25, -0.2) is 9.78 Å². The number of nitrogens with zero attached hydrogens (tertiary/aromatic N) is 3. The Morgan fingerprint density at radius 3 is 2.68 bits per heavy atom. The zero-order valence-corrected chi connectivity index (χ0v) is 11.4. The third-order valence-electron chi connectivity index (χ3n) is 2.74. The largest absolute Gasteiger partial charge is 0.467 e. The lowest BCUT2D eigenvalue weighted by atomic mass is 10.1. The number of H-pyrrole nitrogens is 1. The Morgan fingerprint density at radius 2 is 2.18 bits per heavy atom. The number of carbonyl (C=O) groups excluding carboxylic acids is 1. The van der Waals surface area contributed by atoms with Crippen LogP contribution in [-0.4, -0.2) is 39.3 Å². The van der Waals surface area contributed by atoms with E-state index in [0.29, 0.717) is 5.69 Å². The first-order chi connectivity index (χ1) is 10.4. The monoisotopic (exact) mass is 315 g/mol. The zero-order chi connectivity index (χ0) is 16.2. The van der Waals surface area contributed by atoms with Crippen LogP contribution in [0.15, 0.2) is 24.7 Å². The maximum Gasteiger partial charge on any atom is 0.435 e. The number of ether oxygens (including phenoxy) is 1. The van der Waals surface area contributed by atoms with Crippen LogP contribution in [0, 0.1) is 0 Å². The molecule has 0 unspecified atom stereocenters. The number of rotatable bonds is 5. The van der Waals surface area contributed by atoms with Gasteiger partial charge in [0.15, 0.2) is 5.69 Å². The van der Waals surface area contributed by atoms with Crippen molar-refractivity contribution in [1.82, 2.24) is 20.2 Å². The van der Waals surface area contributed by atoms with E-state index in [9.17, 15) is 18.0 Å². The van der Waals surface area contributed by atoms with Crippen molar-refractivity contribution in [2.75, 3.05) is 12.4 Å². The van der Waals surface area contributed by atoms with E-state index in [2.05, 4.69) is 30.2 Å². The first-order valence-corrected chi connectivity index (χ1v) is 6.12. The van der Waals surface area contributed by atoms with Gasteiger partial charge in [-0.05, 0) is 12.1 Å². The van der Waals surface area contributed by atoms with Gasteiger partial charge in [0.05, 0.1) is 13.4 Å². The molecule has 2 N–H and O–H groups in total. The summed E-state index contributed by atoms with van der Waals surface area (Å²) in [7, 11) is 1.21. The van der Waals surface area contributed by atoms with Gasteiger partial charge in [0.25, 0.3) is 0 Å². The molecule has 2 heterocycles. The molecule has 0 aliphatic rings. The molecule has 118 valence electrons. The van der Waals surface area contributed by atoms with Crippen LogP contribution in [0.25, 0.3) is 0 Å². The lowest BCUT2D eigenvalue weighted by molar-refractivity contribution is -0.142. The van der Waals surface area contributed by atoms with Crippen LogP contribution >= 0.6 is 0 Å². The number of anilines is 1. The van der Waals surface area contributed by atoms with Gasteiger partial charge >= 0.3 is 12.1 Å². The van der Waals surface area contributed by atoms with Crippen LogP contribution in [0.3, 0.4) is 0 Å².